The van der Waals surface area contributed by atoms with Crippen LogP contribution in [-0.2, 0) is 25.7 Å². The Balaban J connectivity index is 1.39. The van der Waals surface area contributed by atoms with Crippen molar-refractivity contribution in [1.29, 1.82) is 0 Å². The predicted octanol–water partition coefficient (Wildman–Crippen LogP) is 4.15. The van der Waals surface area contributed by atoms with Gasteiger partial charge in [-0.25, -0.2) is 4.68 Å². The molecule has 57 heavy (non-hydrogen) atoms. The van der Waals surface area contributed by atoms with Crippen molar-refractivity contribution in [2.75, 3.05) is 58.4 Å². The molecule has 302 valence electrons. The highest BCUT2D eigenvalue weighted by Crippen LogP contribution is 2.47. The topological polar surface area (TPSA) is 205 Å². The van der Waals surface area contributed by atoms with Crippen LogP contribution in [0.5, 0.6) is 11.5 Å². The zero-order chi connectivity index (χ0) is 40.9. The Labute approximate surface area is 340 Å². The summed E-state index contributed by atoms with van der Waals surface area (Å²) in [6.45, 7) is 5.42. The Morgan fingerprint density at radius 1 is 0.947 bits per heavy atom. The molecule has 7 N–H and O–H groups in total. The number of rotatable bonds is 14. The van der Waals surface area contributed by atoms with Gasteiger partial charge < -0.3 is 46.5 Å². The average molecular weight is 822 g/mol. The van der Waals surface area contributed by atoms with E-state index in [1.165, 1.54) is 0 Å². The van der Waals surface area contributed by atoms with Crippen LogP contribution in [0.15, 0.2) is 54.6 Å². The number of hydrogen-bond donors (Lipinski definition) is 5. The third-order valence-electron chi connectivity index (χ3n) is 9.74. The first-order chi connectivity index (χ1) is 27.3. The SMILES string of the molecule is COc1cc2c(cc1-c1cccc(NC(=O)C(CNC(=O)CCN)CNC(=O)CCN)c1)-c1c(c(C(=O)N3CCOCC3(C)C)nn1-c1cc(Cl)cc(Cl)c1)CO2. The Morgan fingerprint density at radius 3 is 2.26 bits per heavy atom. The van der Waals surface area contributed by atoms with E-state index >= 15 is 0 Å². The van der Waals surface area contributed by atoms with Gasteiger partial charge in [0.05, 0.1) is 43.2 Å². The molecule has 2 aliphatic rings. The number of nitrogens with zero attached hydrogens (tertiary/aromatic N) is 3. The van der Waals surface area contributed by atoms with Gasteiger partial charge in [0.15, 0.2) is 5.69 Å². The van der Waals surface area contributed by atoms with Crippen molar-refractivity contribution < 1.29 is 33.4 Å². The molecule has 0 unspecified atom stereocenters. The lowest BCUT2D eigenvalue weighted by molar-refractivity contribution is -0.122. The van der Waals surface area contributed by atoms with E-state index in [9.17, 15) is 19.2 Å². The van der Waals surface area contributed by atoms with Gasteiger partial charge in [0.25, 0.3) is 5.91 Å². The van der Waals surface area contributed by atoms with Crippen LogP contribution in [-0.4, -0.2) is 96.9 Å². The molecule has 0 bridgehead atoms. The highest BCUT2D eigenvalue weighted by Gasteiger charge is 2.39. The van der Waals surface area contributed by atoms with E-state index in [4.69, 9.17) is 54.0 Å². The first kappa shape index (κ1) is 41.4. The summed E-state index contributed by atoms with van der Waals surface area (Å²) in [4.78, 5) is 54.1. The molecule has 3 heterocycles. The summed E-state index contributed by atoms with van der Waals surface area (Å²) in [6, 6.07) is 15.9. The smallest absolute Gasteiger partial charge is 0.275 e. The first-order valence-electron chi connectivity index (χ1n) is 18.5. The number of carbonyl (C=O) groups excluding carboxylic acids is 4. The van der Waals surface area contributed by atoms with Gasteiger partial charge in [-0.05, 0) is 55.8 Å². The highest BCUT2D eigenvalue weighted by atomic mass is 35.5. The lowest BCUT2D eigenvalue weighted by atomic mass is 9.95. The Bertz CT molecular complexity index is 2130. The molecule has 0 spiro atoms. The van der Waals surface area contributed by atoms with Crippen molar-refractivity contribution in [3.63, 3.8) is 0 Å². The van der Waals surface area contributed by atoms with Gasteiger partial charge in [0.2, 0.25) is 17.7 Å². The second-order valence-electron chi connectivity index (χ2n) is 14.3. The number of halogens is 2. The highest BCUT2D eigenvalue weighted by molar-refractivity contribution is 6.34. The van der Waals surface area contributed by atoms with Crippen LogP contribution in [0.3, 0.4) is 0 Å². The number of hydrogen-bond acceptors (Lipinski definition) is 10. The summed E-state index contributed by atoms with van der Waals surface area (Å²) < 4.78 is 19.5. The van der Waals surface area contributed by atoms with E-state index < -0.39 is 17.4 Å². The summed E-state index contributed by atoms with van der Waals surface area (Å²) >= 11 is 13.0. The van der Waals surface area contributed by atoms with E-state index in [0.717, 1.165) is 0 Å². The van der Waals surface area contributed by atoms with E-state index in [0.29, 0.717) is 80.6 Å². The van der Waals surface area contributed by atoms with Crippen molar-refractivity contribution in [1.82, 2.24) is 25.3 Å². The van der Waals surface area contributed by atoms with Gasteiger partial charge in [-0.3, -0.25) is 19.2 Å². The van der Waals surface area contributed by atoms with E-state index in [-0.39, 0.29) is 69.0 Å². The molecule has 0 aliphatic carbocycles. The molecule has 6 rings (SSSR count). The van der Waals surface area contributed by atoms with Crippen LogP contribution in [0, 0.1) is 5.92 Å². The van der Waals surface area contributed by atoms with Gasteiger partial charge in [-0.1, -0.05) is 35.3 Å². The Morgan fingerprint density at radius 2 is 1.63 bits per heavy atom. The lowest BCUT2D eigenvalue weighted by Gasteiger charge is -2.41. The molecule has 1 saturated heterocycles. The van der Waals surface area contributed by atoms with Crippen molar-refractivity contribution in [2.24, 2.45) is 17.4 Å². The van der Waals surface area contributed by atoms with Crippen LogP contribution < -0.4 is 36.9 Å². The number of aromatic nitrogens is 2. The number of benzene rings is 3. The van der Waals surface area contributed by atoms with Crippen LogP contribution in [0.25, 0.3) is 28.1 Å². The molecule has 0 saturated carbocycles. The molecule has 1 fully saturated rings. The molecule has 17 heteroatoms. The second-order valence-corrected chi connectivity index (χ2v) is 15.2. The number of morpholine rings is 1. The van der Waals surface area contributed by atoms with E-state index in [1.54, 1.807) is 59.2 Å². The van der Waals surface area contributed by atoms with Gasteiger partial charge in [-0.15, -0.1) is 0 Å². The molecule has 0 radical (unpaired) electrons. The fourth-order valence-corrected chi connectivity index (χ4v) is 7.35. The third kappa shape index (κ3) is 9.35. The Hall–Kier alpha value is -5.19. The number of amides is 4. The standard InChI is InChI=1S/C40H46Cl2N8O7/c1-40(2)22-56-12-11-49(40)39(54)36-31-21-57-33-18-32(55-3)29(17-30(33)37(31)50(48-36)28-15-25(41)14-26(42)16-28)23-5-4-6-27(13-23)47-38(53)24(19-45-34(51)7-9-43)20-46-35(52)8-10-44/h4-6,13-18,24H,7-12,19-22,43-44H2,1-3H3,(H,45,51)(H,46,52)(H,47,53). The minimum atomic E-state index is -0.800. The molecule has 2 aliphatic heterocycles. The summed E-state index contributed by atoms with van der Waals surface area (Å²) in [6.07, 6.45) is 0.199. The lowest BCUT2D eigenvalue weighted by Crippen LogP contribution is -2.55. The van der Waals surface area contributed by atoms with Crippen LogP contribution >= 0.6 is 23.2 Å². The van der Waals surface area contributed by atoms with E-state index in [1.807, 2.05) is 26.0 Å². The number of nitrogens with one attached hydrogen (secondary N) is 3. The summed E-state index contributed by atoms with van der Waals surface area (Å²) in [5.41, 5.74) is 14.9. The van der Waals surface area contributed by atoms with Crippen molar-refractivity contribution in [3.05, 3.63) is 75.9 Å². The number of nitrogens with two attached hydrogens (primary N) is 2. The van der Waals surface area contributed by atoms with Gasteiger partial charge in [0, 0.05) is 84.1 Å². The normalized spacial score (nSPS) is 14.3. The maximum atomic E-state index is 14.3. The van der Waals surface area contributed by atoms with Crippen LogP contribution in [0.2, 0.25) is 10.0 Å². The zero-order valence-electron chi connectivity index (χ0n) is 32.0. The van der Waals surface area contributed by atoms with Crippen molar-refractivity contribution in [2.45, 2.75) is 38.8 Å². The minimum absolute atomic E-state index is 0.0205. The Kier molecular flexibility index (Phi) is 13.0. The quantitative estimate of drug-likeness (QED) is 0.123. The molecule has 4 aromatic rings. The monoisotopic (exact) mass is 820 g/mol. The summed E-state index contributed by atoms with van der Waals surface area (Å²) in [5.74, 6) is -1.10. The van der Waals surface area contributed by atoms with Gasteiger partial charge in [-0.2, -0.15) is 5.10 Å². The maximum Gasteiger partial charge on any atom is 0.275 e. The minimum Gasteiger partial charge on any atom is -0.496 e. The molecular weight excluding hydrogens is 775 g/mol. The van der Waals surface area contributed by atoms with Crippen LogP contribution in [0.4, 0.5) is 5.69 Å². The second kappa shape index (κ2) is 17.9. The van der Waals surface area contributed by atoms with Crippen LogP contribution in [0.1, 0.15) is 42.7 Å². The van der Waals surface area contributed by atoms with Gasteiger partial charge in [0.1, 0.15) is 18.1 Å². The average Bonchev–Trinajstić information content (AvgIpc) is 3.57. The molecule has 15 nitrogen and oxygen atoms in total. The number of anilines is 1. The van der Waals surface area contributed by atoms with E-state index in [2.05, 4.69) is 16.0 Å². The largest absolute Gasteiger partial charge is 0.496 e. The summed E-state index contributed by atoms with van der Waals surface area (Å²) in [7, 11) is 1.55. The van der Waals surface area contributed by atoms with Crippen molar-refractivity contribution in [3.8, 4) is 39.6 Å². The predicted molar refractivity (Wildman–Crippen MR) is 217 cm³/mol. The first-order valence-corrected chi connectivity index (χ1v) is 19.3. The number of fused-ring (bicyclic) bond motifs is 3. The molecule has 1 aromatic heterocycles. The fraction of sp³-hybridized carbons (Fsp3) is 0.375. The van der Waals surface area contributed by atoms with Gasteiger partial charge >= 0.3 is 0 Å². The maximum absolute atomic E-state index is 14.3. The third-order valence-corrected chi connectivity index (χ3v) is 10.2. The fourth-order valence-electron chi connectivity index (χ4n) is 6.84. The summed E-state index contributed by atoms with van der Waals surface area (Å²) in [5, 5.41) is 14.0. The molecule has 4 amide bonds. The zero-order valence-corrected chi connectivity index (χ0v) is 33.5. The molecule has 0 atom stereocenters. The molecular formula is C40H46Cl2N8O7. The van der Waals surface area contributed by atoms with Crippen molar-refractivity contribution >= 4 is 52.5 Å². The molecule has 3 aromatic carbocycles. The number of methoxy groups -OCH3 is 1. The number of carbonyl (C=O) groups is 4. The number of ether oxygens (including phenoxy) is 3.